The van der Waals surface area contributed by atoms with Gasteiger partial charge in [0, 0.05) is 32.7 Å². The summed E-state index contributed by atoms with van der Waals surface area (Å²) in [7, 11) is 0. The molecule has 0 saturated carbocycles. The molecule has 2 heterocycles. The van der Waals surface area contributed by atoms with Crippen LogP contribution in [0.4, 0.5) is 16.2 Å². The van der Waals surface area contributed by atoms with Crippen LogP contribution in [-0.2, 0) is 0 Å². The van der Waals surface area contributed by atoms with E-state index in [1.54, 1.807) is 0 Å². The number of hydrogen-bond acceptors (Lipinski definition) is 5. The van der Waals surface area contributed by atoms with Crippen molar-refractivity contribution in [3.05, 3.63) is 12.0 Å². The number of aromatic nitrogens is 2. The molecule has 0 unspecified atom stereocenters. The first kappa shape index (κ1) is 13.0. The van der Waals surface area contributed by atoms with Crippen LogP contribution in [0.2, 0.25) is 0 Å². The van der Waals surface area contributed by atoms with Gasteiger partial charge in [-0.2, -0.15) is 4.98 Å². The number of hydrogen-bond donors (Lipinski definition) is 1. The molecule has 0 radical (unpaired) electrons. The van der Waals surface area contributed by atoms with Gasteiger partial charge in [-0.15, -0.1) is 0 Å². The zero-order valence-electron chi connectivity index (χ0n) is 11.0. The summed E-state index contributed by atoms with van der Waals surface area (Å²) < 4.78 is 13.8. The molecule has 0 aliphatic carbocycles. The van der Waals surface area contributed by atoms with Gasteiger partial charge in [-0.25, -0.2) is 9.37 Å². The van der Waals surface area contributed by atoms with Crippen LogP contribution >= 0.6 is 0 Å². The second-order valence-corrected chi connectivity index (χ2v) is 4.32. The minimum atomic E-state index is -0.346. The molecule has 6 heteroatoms. The van der Waals surface area contributed by atoms with E-state index in [2.05, 4.69) is 27.1 Å². The molecule has 1 fully saturated rings. The summed E-state index contributed by atoms with van der Waals surface area (Å²) in [6.07, 6.45) is 1.24. The summed E-state index contributed by atoms with van der Waals surface area (Å²) >= 11 is 0. The van der Waals surface area contributed by atoms with Crippen LogP contribution in [0.5, 0.6) is 0 Å². The van der Waals surface area contributed by atoms with Crippen molar-refractivity contribution in [2.45, 2.75) is 13.8 Å². The third-order valence-electron chi connectivity index (χ3n) is 3.18. The Hall–Kier alpha value is -1.43. The molecule has 0 spiro atoms. The first-order valence-corrected chi connectivity index (χ1v) is 6.48. The Labute approximate surface area is 107 Å². The van der Waals surface area contributed by atoms with Gasteiger partial charge >= 0.3 is 0 Å². The Balaban J connectivity index is 2.10. The molecule has 18 heavy (non-hydrogen) atoms. The van der Waals surface area contributed by atoms with Gasteiger partial charge in [-0.3, -0.25) is 0 Å². The highest BCUT2D eigenvalue weighted by atomic mass is 19.1. The Bertz CT molecular complexity index is 390. The summed E-state index contributed by atoms with van der Waals surface area (Å²) in [5.74, 6) is 0.560. The summed E-state index contributed by atoms with van der Waals surface area (Å²) in [4.78, 5) is 12.5. The van der Waals surface area contributed by atoms with Crippen molar-refractivity contribution < 1.29 is 4.39 Å². The molecule has 100 valence electrons. The third-order valence-corrected chi connectivity index (χ3v) is 3.18. The lowest BCUT2D eigenvalue weighted by Crippen LogP contribution is -2.46. The highest BCUT2D eigenvalue weighted by molar-refractivity contribution is 5.44. The van der Waals surface area contributed by atoms with Crippen LogP contribution in [-0.4, -0.2) is 54.1 Å². The standard InChI is InChI=1S/C12H20FN5/c1-3-14-12-15-9-10(13)11(16-12)18-7-5-17(4-2)6-8-18/h9H,3-8H2,1-2H3,(H,14,15,16). The van der Waals surface area contributed by atoms with Crippen molar-refractivity contribution in [1.29, 1.82) is 0 Å². The molecular formula is C12H20FN5. The van der Waals surface area contributed by atoms with Crippen LogP contribution < -0.4 is 10.2 Å². The lowest BCUT2D eigenvalue weighted by atomic mass is 10.3. The first-order valence-electron chi connectivity index (χ1n) is 6.48. The van der Waals surface area contributed by atoms with E-state index in [9.17, 15) is 4.39 Å². The SMILES string of the molecule is CCNc1ncc(F)c(N2CCN(CC)CC2)n1. The van der Waals surface area contributed by atoms with Crippen LogP contribution in [0.1, 0.15) is 13.8 Å². The fourth-order valence-corrected chi connectivity index (χ4v) is 2.10. The van der Waals surface area contributed by atoms with Crippen LogP contribution in [0.3, 0.4) is 0 Å². The maximum atomic E-state index is 13.8. The molecule has 1 aromatic rings. The number of anilines is 2. The molecule has 5 nitrogen and oxygen atoms in total. The molecule has 0 bridgehead atoms. The van der Waals surface area contributed by atoms with Crippen LogP contribution in [0, 0.1) is 5.82 Å². The van der Waals surface area contributed by atoms with E-state index in [0.717, 1.165) is 39.3 Å². The van der Waals surface area contributed by atoms with E-state index in [0.29, 0.717) is 11.8 Å². The first-order chi connectivity index (χ1) is 8.74. The van der Waals surface area contributed by atoms with Gasteiger partial charge in [0.25, 0.3) is 0 Å². The fourth-order valence-electron chi connectivity index (χ4n) is 2.10. The lowest BCUT2D eigenvalue weighted by Gasteiger charge is -2.34. The molecule has 1 aromatic heterocycles. The Morgan fingerprint density at radius 2 is 2.00 bits per heavy atom. The predicted molar refractivity (Wildman–Crippen MR) is 70.5 cm³/mol. The van der Waals surface area contributed by atoms with Crippen molar-refractivity contribution in [2.24, 2.45) is 0 Å². The zero-order chi connectivity index (χ0) is 13.0. The van der Waals surface area contributed by atoms with Gasteiger partial charge in [-0.1, -0.05) is 6.92 Å². The van der Waals surface area contributed by atoms with Crippen LogP contribution in [0.15, 0.2) is 6.20 Å². The monoisotopic (exact) mass is 253 g/mol. The third kappa shape index (κ3) is 2.87. The van der Waals surface area contributed by atoms with Gasteiger partial charge < -0.3 is 15.1 Å². The van der Waals surface area contributed by atoms with E-state index in [-0.39, 0.29) is 5.82 Å². The average Bonchev–Trinajstić information content (AvgIpc) is 2.41. The normalized spacial score (nSPS) is 16.9. The van der Waals surface area contributed by atoms with Crippen molar-refractivity contribution in [2.75, 3.05) is 49.5 Å². The van der Waals surface area contributed by atoms with Gasteiger partial charge in [0.1, 0.15) is 0 Å². The highest BCUT2D eigenvalue weighted by Crippen LogP contribution is 2.18. The Morgan fingerprint density at radius 1 is 1.28 bits per heavy atom. The minimum Gasteiger partial charge on any atom is -0.354 e. The van der Waals surface area contributed by atoms with Gasteiger partial charge in [-0.05, 0) is 13.5 Å². The quantitative estimate of drug-likeness (QED) is 0.873. The van der Waals surface area contributed by atoms with E-state index in [4.69, 9.17) is 0 Å². The summed E-state index contributed by atoms with van der Waals surface area (Å²) in [6.45, 7) is 9.42. The number of rotatable bonds is 4. The van der Waals surface area contributed by atoms with E-state index < -0.39 is 0 Å². The highest BCUT2D eigenvalue weighted by Gasteiger charge is 2.20. The minimum absolute atomic E-state index is 0.346. The second-order valence-electron chi connectivity index (χ2n) is 4.32. The zero-order valence-corrected chi connectivity index (χ0v) is 11.0. The van der Waals surface area contributed by atoms with E-state index >= 15 is 0 Å². The Morgan fingerprint density at radius 3 is 2.61 bits per heavy atom. The molecule has 1 aliphatic rings. The number of piperazine rings is 1. The summed E-state index contributed by atoms with van der Waals surface area (Å²) in [6, 6.07) is 0. The molecule has 1 N–H and O–H groups in total. The molecule has 0 amide bonds. The number of halogens is 1. The van der Waals surface area contributed by atoms with Gasteiger partial charge in [0.2, 0.25) is 5.95 Å². The fraction of sp³-hybridized carbons (Fsp3) is 0.667. The maximum Gasteiger partial charge on any atom is 0.224 e. The smallest absolute Gasteiger partial charge is 0.224 e. The van der Waals surface area contributed by atoms with Crippen molar-refractivity contribution >= 4 is 11.8 Å². The van der Waals surface area contributed by atoms with Crippen LogP contribution in [0.25, 0.3) is 0 Å². The molecular weight excluding hydrogens is 233 g/mol. The maximum absolute atomic E-state index is 13.8. The molecule has 1 saturated heterocycles. The second kappa shape index (κ2) is 5.95. The average molecular weight is 253 g/mol. The predicted octanol–water partition coefficient (Wildman–Crippen LogP) is 1.19. The Kier molecular flexibility index (Phi) is 4.30. The molecule has 0 atom stereocenters. The van der Waals surface area contributed by atoms with Crippen molar-refractivity contribution in [3.8, 4) is 0 Å². The molecule has 1 aliphatic heterocycles. The van der Waals surface area contributed by atoms with Crippen molar-refractivity contribution in [1.82, 2.24) is 14.9 Å². The lowest BCUT2D eigenvalue weighted by molar-refractivity contribution is 0.269. The summed E-state index contributed by atoms with van der Waals surface area (Å²) in [5, 5.41) is 3.01. The van der Waals surface area contributed by atoms with Gasteiger partial charge in [0.05, 0.1) is 6.20 Å². The van der Waals surface area contributed by atoms with E-state index in [1.807, 2.05) is 11.8 Å². The number of likely N-dealkylation sites (N-methyl/N-ethyl adjacent to an activating group) is 1. The summed E-state index contributed by atoms with van der Waals surface area (Å²) in [5.41, 5.74) is 0. The number of nitrogens with one attached hydrogen (secondary N) is 1. The number of nitrogens with zero attached hydrogens (tertiary/aromatic N) is 4. The van der Waals surface area contributed by atoms with Gasteiger partial charge in [0.15, 0.2) is 11.6 Å². The molecule has 0 aromatic carbocycles. The largest absolute Gasteiger partial charge is 0.354 e. The topological polar surface area (TPSA) is 44.3 Å². The van der Waals surface area contributed by atoms with Crippen molar-refractivity contribution in [3.63, 3.8) is 0 Å². The van der Waals surface area contributed by atoms with E-state index in [1.165, 1.54) is 6.20 Å². The molecule has 2 rings (SSSR count).